The van der Waals surface area contributed by atoms with Crippen molar-refractivity contribution in [2.75, 3.05) is 13.7 Å². The number of hydrogen-bond donors (Lipinski definition) is 1. The number of aryl methyl sites for hydroxylation is 2. The highest BCUT2D eigenvalue weighted by Gasteiger charge is 2.08. The molecule has 0 saturated carbocycles. The molecule has 128 valence electrons. The Bertz CT molecular complexity index is 922. The van der Waals surface area contributed by atoms with E-state index in [4.69, 9.17) is 4.74 Å². The SMILES string of the molecule is COc1cccc(CCNC(=O)c2ccc3nc(C)c(C)nc3c2)c1. The first-order chi connectivity index (χ1) is 12.1. The van der Waals surface area contributed by atoms with Gasteiger partial charge in [-0.05, 0) is 56.2 Å². The highest BCUT2D eigenvalue weighted by Crippen LogP contribution is 2.15. The summed E-state index contributed by atoms with van der Waals surface area (Å²) in [5, 5.41) is 2.95. The van der Waals surface area contributed by atoms with Gasteiger partial charge >= 0.3 is 0 Å². The van der Waals surface area contributed by atoms with E-state index in [2.05, 4.69) is 15.3 Å². The second-order valence-electron chi connectivity index (χ2n) is 5.96. The van der Waals surface area contributed by atoms with Crippen LogP contribution in [-0.2, 0) is 6.42 Å². The van der Waals surface area contributed by atoms with Crippen molar-refractivity contribution in [3.8, 4) is 5.75 Å². The zero-order valence-corrected chi connectivity index (χ0v) is 14.7. The number of nitrogens with zero attached hydrogens (tertiary/aromatic N) is 2. The predicted molar refractivity (Wildman–Crippen MR) is 98.0 cm³/mol. The molecule has 5 heteroatoms. The van der Waals surface area contributed by atoms with E-state index in [9.17, 15) is 4.79 Å². The van der Waals surface area contributed by atoms with Gasteiger partial charge in [-0.25, -0.2) is 9.97 Å². The Morgan fingerprint density at radius 3 is 2.56 bits per heavy atom. The molecule has 1 amide bonds. The molecule has 1 aromatic heterocycles. The molecule has 0 radical (unpaired) electrons. The number of nitrogens with one attached hydrogen (secondary N) is 1. The van der Waals surface area contributed by atoms with Gasteiger partial charge in [0.2, 0.25) is 0 Å². The van der Waals surface area contributed by atoms with E-state index >= 15 is 0 Å². The Labute approximate surface area is 147 Å². The number of fused-ring (bicyclic) bond motifs is 1. The molecule has 0 saturated heterocycles. The minimum atomic E-state index is -0.107. The van der Waals surface area contributed by atoms with Crippen LogP contribution in [0.4, 0.5) is 0 Å². The normalized spacial score (nSPS) is 10.7. The van der Waals surface area contributed by atoms with Gasteiger partial charge < -0.3 is 10.1 Å². The first-order valence-electron chi connectivity index (χ1n) is 8.23. The molecule has 0 atom stereocenters. The Balaban J connectivity index is 1.66. The fraction of sp³-hybridized carbons (Fsp3) is 0.250. The van der Waals surface area contributed by atoms with E-state index in [0.717, 1.165) is 40.2 Å². The Hall–Kier alpha value is -2.95. The monoisotopic (exact) mass is 335 g/mol. The average molecular weight is 335 g/mol. The smallest absolute Gasteiger partial charge is 0.251 e. The first-order valence-corrected chi connectivity index (χ1v) is 8.23. The van der Waals surface area contributed by atoms with Crippen LogP contribution >= 0.6 is 0 Å². The highest BCUT2D eigenvalue weighted by molar-refractivity contribution is 5.97. The lowest BCUT2D eigenvalue weighted by atomic mass is 10.1. The lowest BCUT2D eigenvalue weighted by molar-refractivity contribution is 0.0954. The van der Waals surface area contributed by atoms with Crippen molar-refractivity contribution in [2.45, 2.75) is 20.3 Å². The van der Waals surface area contributed by atoms with Crippen molar-refractivity contribution in [3.05, 3.63) is 65.0 Å². The van der Waals surface area contributed by atoms with Crippen LogP contribution in [-0.4, -0.2) is 29.5 Å². The third kappa shape index (κ3) is 3.94. The van der Waals surface area contributed by atoms with Crippen LogP contribution in [0.3, 0.4) is 0 Å². The van der Waals surface area contributed by atoms with Crippen LogP contribution in [0.15, 0.2) is 42.5 Å². The number of carbonyl (C=O) groups excluding carboxylic acids is 1. The number of benzene rings is 2. The third-order valence-electron chi connectivity index (χ3n) is 4.17. The summed E-state index contributed by atoms with van der Waals surface area (Å²) in [5.41, 5.74) is 5.04. The molecule has 3 rings (SSSR count). The maximum atomic E-state index is 12.4. The van der Waals surface area contributed by atoms with Crippen molar-refractivity contribution in [3.63, 3.8) is 0 Å². The molecule has 25 heavy (non-hydrogen) atoms. The van der Waals surface area contributed by atoms with E-state index in [1.807, 2.05) is 44.2 Å². The van der Waals surface area contributed by atoms with Gasteiger partial charge in [0.05, 0.1) is 29.5 Å². The van der Waals surface area contributed by atoms with Crippen molar-refractivity contribution in [1.82, 2.24) is 15.3 Å². The van der Waals surface area contributed by atoms with Gasteiger partial charge in [-0.2, -0.15) is 0 Å². The molecule has 0 aliphatic carbocycles. The van der Waals surface area contributed by atoms with E-state index in [1.165, 1.54) is 0 Å². The van der Waals surface area contributed by atoms with Crippen LogP contribution < -0.4 is 10.1 Å². The molecular weight excluding hydrogens is 314 g/mol. The lowest BCUT2D eigenvalue weighted by Gasteiger charge is -2.08. The molecule has 0 unspecified atom stereocenters. The zero-order valence-electron chi connectivity index (χ0n) is 14.7. The van der Waals surface area contributed by atoms with Gasteiger partial charge in [0.15, 0.2) is 0 Å². The molecule has 1 heterocycles. The largest absolute Gasteiger partial charge is 0.497 e. The summed E-state index contributed by atoms with van der Waals surface area (Å²) in [6, 6.07) is 13.3. The number of methoxy groups -OCH3 is 1. The van der Waals surface area contributed by atoms with Gasteiger partial charge in [0.1, 0.15) is 5.75 Å². The maximum absolute atomic E-state index is 12.4. The van der Waals surface area contributed by atoms with Crippen molar-refractivity contribution in [1.29, 1.82) is 0 Å². The molecular formula is C20H21N3O2. The molecule has 1 N–H and O–H groups in total. The summed E-state index contributed by atoms with van der Waals surface area (Å²) in [7, 11) is 1.65. The van der Waals surface area contributed by atoms with Gasteiger partial charge in [-0.3, -0.25) is 4.79 Å². The topological polar surface area (TPSA) is 64.1 Å². The molecule has 0 fully saturated rings. The summed E-state index contributed by atoms with van der Waals surface area (Å²) >= 11 is 0. The fourth-order valence-electron chi connectivity index (χ4n) is 2.62. The van der Waals surface area contributed by atoms with Crippen molar-refractivity contribution < 1.29 is 9.53 Å². The molecule has 0 aliphatic heterocycles. The van der Waals surface area contributed by atoms with Crippen LogP contribution in [0.2, 0.25) is 0 Å². The zero-order chi connectivity index (χ0) is 17.8. The summed E-state index contributed by atoms with van der Waals surface area (Å²) in [5.74, 6) is 0.715. The Kier molecular flexibility index (Phi) is 4.93. The summed E-state index contributed by atoms with van der Waals surface area (Å²) < 4.78 is 5.21. The predicted octanol–water partition coefficient (Wildman–Crippen LogP) is 3.23. The molecule has 0 bridgehead atoms. The minimum Gasteiger partial charge on any atom is -0.497 e. The van der Waals surface area contributed by atoms with Gasteiger partial charge in [-0.15, -0.1) is 0 Å². The van der Waals surface area contributed by atoms with Crippen LogP contribution in [0, 0.1) is 13.8 Å². The lowest BCUT2D eigenvalue weighted by Crippen LogP contribution is -2.25. The van der Waals surface area contributed by atoms with E-state index in [1.54, 1.807) is 19.2 Å². The second-order valence-corrected chi connectivity index (χ2v) is 5.96. The number of aromatic nitrogens is 2. The van der Waals surface area contributed by atoms with Gasteiger partial charge in [0, 0.05) is 12.1 Å². The Morgan fingerprint density at radius 2 is 1.80 bits per heavy atom. The van der Waals surface area contributed by atoms with Gasteiger partial charge in [-0.1, -0.05) is 12.1 Å². The van der Waals surface area contributed by atoms with Gasteiger partial charge in [0.25, 0.3) is 5.91 Å². The molecule has 5 nitrogen and oxygen atoms in total. The van der Waals surface area contributed by atoms with E-state index in [-0.39, 0.29) is 5.91 Å². The summed E-state index contributed by atoms with van der Waals surface area (Å²) in [6.07, 6.45) is 0.745. The standard InChI is InChI=1S/C20H21N3O2/c1-13-14(2)23-19-12-16(7-8-18(19)22-13)20(24)21-10-9-15-5-4-6-17(11-15)25-3/h4-8,11-12H,9-10H2,1-3H3,(H,21,24). The van der Waals surface area contributed by atoms with Crippen molar-refractivity contribution >= 4 is 16.9 Å². The number of ether oxygens (including phenoxy) is 1. The van der Waals surface area contributed by atoms with Crippen molar-refractivity contribution in [2.24, 2.45) is 0 Å². The summed E-state index contributed by atoms with van der Waals surface area (Å²) in [6.45, 7) is 4.41. The molecule has 0 aliphatic rings. The highest BCUT2D eigenvalue weighted by atomic mass is 16.5. The number of hydrogen-bond acceptors (Lipinski definition) is 4. The Morgan fingerprint density at radius 1 is 1.04 bits per heavy atom. The summed E-state index contributed by atoms with van der Waals surface area (Å²) in [4.78, 5) is 21.4. The number of amides is 1. The number of carbonyl (C=O) groups is 1. The fourth-order valence-corrected chi connectivity index (χ4v) is 2.62. The molecule has 3 aromatic rings. The molecule has 0 spiro atoms. The first kappa shape index (κ1) is 16.9. The quantitative estimate of drug-likeness (QED) is 0.777. The van der Waals surface area contributed by atoms with Crippen LogP contribution in [0.25, 0.3) is 11.0 Å². The number of rotatable bonds is 5. The van der Waals surface area contributed by atoms with E-state index < -0.39 is 0 Å². The van der Waals surface area contributed by atoms with Crippen LogP contribution in [0.5, 0.6) is 5.75 Å². The van der Waals surface area contributed by atoms with Crippen LogP contribution in [0.1, 0.15) is 27.3 Å². The minimum absolute atomic E-state index is 0.107. The maximum Gasteiger partial charge on any atom is 0.251 e. The van der Waals surface area contributed by atoms with E-state index in [0.29, 0.717) is 12.1 Å². The third-order valence-corrected chi connectivity index (χ3v) is 4.17. The second kappa shape index (κ2) is 7.30. The average Bonchev–Trinajstić information content (AvgIpc) is 2.62. The molecule has 2 aromatic carbocycles.